The van der Waals surface area contributed by atoms with Crippen molar-refractivity contribution in [1.82, 2.24) is 0 Å². The maximum Gasteiger partial charge on any atom is 0.100 e. The van der Waals surface area contributed by atoms with Crippen LogP contribution in [0, 0.1) is 5.92 Å². The molecule has 0 aromatic heterocycles. The predicted octanol–water partition coefficient (Wildman–Crippen LogP) is 3.31. The van der Waals surface area contributed by atoms with Crippen molar-refractivity contribution in [3.63, 3.8) is 0 Å². The molecule has 0 aliphatic heterocycles. The topological polar surface area (TPSA) is 0 Å². The van der Waals surface area contributed by atoms with E-state index in [0.29, 0.717) is 0 Å². The minimum atomic E-state index is -0.479. The first-order valence-electron chi connectivity index (χ1n) is 4.47. The molecule has 1 aliphatic rings. The van der Waals surface area contributed by atoms with Gasteiger partial charge in [0.25, 0.3) is 0 Å². The minimum Gasteiger partial charge on any atom is -0.247 e. The van der Waals surface area contributed by atoms with Crippen LogP contribution in [-0.2, 0) is 0 Å². The molecule has 10 heavy (non-hydrogen) atoms. The molecule has 0 amide bonds. The Morgan fingerprint density at radius 2 is 1.80 bits per heavy atom. The molecule has 1 saturated carbocycles. The third-order valence-corrected chi connectivity index (χ3v) is 2.47. The quantitative estimate of drug-likeness (QED) is 0.557. The maximum atomic E-state index is 12.6. The minimum absolute atomic E-state index is 0.479. The molecule has 1 heteroatoms. The summed E-state index contributed by atoms with van der Waals surface area (Å²) in [6, 6.07) is 0. The lowest BCUT2D eigenvalue weighted by Gasteiger charge is -2.23. The van der Waals surface area contributed by atoms with Gasteiger partial charge in [0.05, 0.1) is 0 Å². The summed E-state index contributed by atoms with van der Waals surface area (Å²) in [6.45, 7) is 2.21. The summed E-state index contributed by atoms with van der Waals surface area (Å²) in [6.07, 6.45) is 6.02. The number of hydrogen-bond donors (Lipinski definition) is 0. The van der Waals surface area contributed by atoms with Crippen molar-refractivity contribution in [1.29, 1.82) is 0 Å². The van der Waals surface area contributed by atoms with Gasteiger partial charge in [-0.25, -0.2) is 4.39 Å². The van der Waals surface area contributed by atoms with Crippen molar-refractivity contribution >= 4 is 0 Å². The zero-order valence-electron chi connectivity index (χ0n) is 6.78. The van der Waals surface area contributed by atoms with Crippen LogP contribution >= 0.6 is 0 Å². The highest BCUT2D eigenvalue weighted by Crippen LogP contribution is 2.28. The first-order valence-corrected chi connectivity index (χ1v) is 4.47. The Morgan fingerprint density at radius 1 is 1.20 bits per heavy atom. The van der Waals surface area contributed by atoms with E-state index in [0.717, 1.165) is 31.6 Å². The van der Waals surface area contributed by atoms with Gasteiger partial charge in [-0.1, -0.05) is 19.8 Å². The van der Waals surface area contributed by atoms with Crippen molar-refractivity contribution in [3.05, 3.63) is 0 Å². The van der Waals surface area contributed by atoms with E-state index in [1.54, 1.807) is 0 Å². The molecule has 0 radical (unpaired) electrons. The molecule has 0 unspecified atom stereocenters. The molecule has 0 bridgehead atoms. The SMILES string of the molecule is CCCC1CCC(F)CC1. The van der Waals surface area contributed by atoms with Crippen molar-refractivity contribution in [3.8, 4) is 0 Å². The fourth-order valence-electron chi connectivity index (χ4n) is 1.82. The summed E-state index contributed by atoms with van der Waals surface area (Å²) in [5, 5.41) is 0. The summed E-state index contributed by atoms with van der Waals surface area (Å²) in [7, 11) is 0. The van der Waals surface area contributed by atoms with E-state index < -0.39 is 6.17 Å². The second-order valence-electron chi connectivity index (χ2n) is 3.41. The van der Waals surface area contributed by atoms with E-state index in [2.05, 4.69) is 6.92 Å². The van der Waals surface area contributed by atoms with E-state index in [1.807, 2.05) is 0 Å². The van der Waals surface area contributed by atoms with Gasteiger partial charge in [-0.2, -0.15) is 0 Å². The highest BCUT2D eigenvalue weighted by Gasteiger charge is 2.19. The molecule has 0 saturated heterocycles. The lowest BCUT2D eigenvalue weighted by Crippen LogP contribution is -2.14. The van der Waals surface area contributed by atoms with Crippen LogP contribution in [0.4, 0.5) is 4.39 Å². The van der Waals surface area contributed by atoms with Crippen molar-refractivity contribution in [2.45, 2.75) is 51.6 Å². The predicted molar refractivity (Wildman–Crippen MR) is 41.8 cm³/mol. The van der Waals surface area contributed by atoms with Gasteiger partial charge in [-0.3, -0.25) is 0 Å². The van der Waals surface area contributed by atoms with Crippen LogP contribution < -0.4 is 0 Å². The highest BCUT2D eigenvalue weighted by atomic mass is 19.1. The number of alkyl halides is 1. The average Bonchev–Trinajstić information content (AvgIpc) is 1.95. The zero-order chi connectivity index (χ0) is 7.40. The van der Waals surface area contributed by atoms with Crippen LogP contribution in [0.5, 0.6) is 0 Å². The van der Waals surface area contributed by atoms with Crippen LogP contribution in [0.25, 0.3) is 0 Å². The van der Waals surface area contributed by atoms with Gasteiger partial charge in [0.1, 0.15) is 6.17 Å². The van der Waals surface area contributed by atoms with Gasteiger partial charge in [-0.15, -0.1) is 0 Å². The van der Waals surface area contributed by atoms with Gasteiger partial charge >= 0.3 is 0 Å². The Morgan fingerprint density at radius 3 is 2.30 bits per heavy atom. The Kier molecular flexibility index (Phi) is 3.17. The molecule has 0 aromatic rings. The summed E-state index contributed by atoms with van der Waals surface area (Å²) in [5.74, 6) is 0.844. The van der Waals surface area contributed by atoms with Gasteiger partial charge in [0.2, 0.25) is 0 Å². The third kappa shape index (κ3) is 2.28. The number of halogens is 1. The molecular formula is C9H17F. The summed E-state index contributed by atoms with van der Waals surface area (Å²) in [5.41, 5.74) is 0. The van der Waals surface area contributed by atoms with Gasteiger partial charge in [0.15, 0.2) is 0 Å². The second-order valence-corrected chi connectivity index (χ2v) is 3.41. The molecule has 0 atom stereocenters. The van der Waals surface area contributed by atoms with E-state index in [-0.39, 0.29) is 0 Å². The Labute approximate surface area is 62.8 Å². The first kappa shape index (κ1) is 8.03. The molecule has 0 heterocycles. The van der Waals surface area contributed by atoms with Crippen LogP contribution in [0.3, 0.4) is 0 Å². The molecular weight excluding hydrogens is 127 g/mol. The van der Waals surface area contributed by atoms with Crippen LogP contribution in [0.15, 0.2) is 0 Å². The Balaban J connectivity index is 2.13. The van der Waals surface area contributed by atoms with E-state index in [1.165, 1.54) is 12.8 Å². The zero-order valence-corrected chi connectivity index (χ0v) is 6.78. The van der Waals surface area contributed by atoms with E-state index in [4.69, 9.17) is 0 Å². The standard InChI is InChI=1S/C9H17F/c1-2-3-8-4-6-9(10)7-5-8/h8-9H,2-7H2,1H3. The average molecular weight is 144 g/mol. The number of hydrogen-bond acceptors (Lipinski definition) is 0. The van der Waals surface area contributed by atoms with Crippen molar-refractivity contribution < 1.29 is 4.39 Å². The third-order valence-electron chi connectivity index (χ3n) is 2.47. The van der Waals surface area contributed by atoms with Gasteiger partial charge < -0.3 is 0 Å². The normalized spacial score (nSPS) is 34.2. The fourth-order valence-corrected chi connectivity index (χ4v) is 1.82. The summed E-state index contributed by atoms with van der Waals surface area (Å²) >= 11 is 0. The fraction of sp³-hybridized carbons (Fsp3) is 1.00. The Hall–Kier alpha value is -0.0700. The van der Waals surface area contributed by atoms with Crippen molar-refractivity contribution in [2.75, 3.05) is 0 Å². The maximum absolute atomic E-state index is 12.6. The second kappa shape index (κ2) is 3.95. The highest BCUT2D eigenvalue weighted by molar-refractivity contribution is 4.71. The molecule has 1 aliphatic carbocycles. The van der Waals surface area contributed by atoms with E-state index >= 15 is 0 Å². The van der Waals surface area contributed by atoms with Crippen LogP contribution in [-0.4, -0.2) is 6.17 Å². The largest absolute Gasteiger partial charge is 0.247 e. The molecule has 0 nitrogen and oxygen atoms in total. The van der Waals surface area contributed by atoms with Crippen molar-refractivity contribution in [2.24, 2.45) is 5.92 Å². The van der Waals surface area contributed by atoms with Gasteiger partial charge in [0, 0.05) is 0 Å². The monoisotopic (exact) mass is 144 g/mol. The van der Waals surface area contributed by atoms with Gasteiger partial charge in [-0.05, 0) is 31.6 Å². The summed E-state index contributed by atoms with van der Waals surface area (Å²) in [4.78, 5) is 0. The molecule has 0 N–H and O–H groups in total. The summed E-state index contributed by atoms with van der Waals surface area (Å²) < 4.78 is 12.6. The first-order chi connectivity index (χ1) is 4.83. The molecule has 0 spiro atoms. The molecule has 1 fully saturated rings. The molecule has 60 valence electrons. The molecule has 0 aromatic carbocycles. The van der Waals surface area contributed by atoms with Crippen LogP contribution in [0.1, 0.15) is 45.4 Å². The smallest absolute Gasteiger partial charge is 0.100 e. The Bertz CT molecular complexity index is 82.7. The van der Waals surface area contributed by atoms with Crippen LogP contribution in [0.2, 0.25) is 0 Å². The lowest BCUT2D eigenvalue weighted by atomic mass is 9.85. The van der Waals surface area contributed by atoms with E-state index in [9.17, 15) is 4.39 Å². The lowest BCUT2D eigenvalue weighted by molar-refractivity contribution is 0.201. The number of rotatable bonds is 2. The molecule has 1 rings (SSSR count).